The fraction of sp³-hybridized carbons (Fsp3) is 0.720. The first kappa shape index (κ1) is 24.5. The molecular formula is C25H38N2O5S. The average Bonchev–Trinajstić information content (AvgIpc) is 3.05. The van der Waals surface area contributed by atoms with Crippen LogP contribution in [0.5, 0.6) is 5.75 Å². The molecule has 2 heterocycles. The largest absolute Gasteiger partial charge is 0.491 e. The van der Waals surface area contributed by atoms with Crippen LogP contribution in [0.25, 0.3) is 0 Å². The van der Waals surface area contributed by atoms with Crippen LogP contribution in [-0.4, -0.2) is 75.5 Å². The van der Waals surface area contributed by atoms with Crippen LogP contribution >= 0.6 is 0 Å². The first-order valence-electron chi connectivity index (χ1n) is 12.3. The van der Waals surface area contributed by atoms with E-state index in [1.54, 1.807) is 7.11 Å². The molecule has 4 rings (SSSR count). The Bertz CT molecular complexity index is 929. The average molecular weight is 479 g/mol. The summed E-state index contributed by atoms with van der Waals surface area (Å²) in [6.45, 7) is 2.13. The first-order valence-corrected chi connectivity index (χ1v) is 14.2. The maximum atomic E-state index is 13.0. The molecule has 0 N–H and O–H groups in total. The first-order chi connectivity index (χ1) is 15.9. The molecule has 0 radical (unpaired) electrons. The lowest BCUT2D eigenvalue weighted by Crippen LogP contribution is -2.38. The number of methoxy groups -OCH3 is 1. The summed E-state index contributed by atoms with van der Waals surface area (Å²) in [5.74, 6) is 1.93. The van der Waals surface area contributed by atoms with E-state index in [4.69, 9.17) is 9.47 Å². The molecule has 1 saturated heterocycles. The van der Waals surface area contributed by atoms with E-state index in [-0.39, 0.29) is 29.6 Å². The molecule has 2 unspecified atom stereocenters. The Morgan fingerprint density at radius 2 is 2.03 bits per heavy atom. The summed E-state index contributed by atoms with van der Waals surface area (Å²) in [7, 11) is 0.790. The van der Waals surface area contributed by atoms with E-state index in [9.17, 15) is 13.2 Å². The Balaban J connectivity index is 1.39. The third-order valence-corrected chi connectivity index (χ3v) is 9.34. The third kappa shape index (κ3) is 6.08. The lowest BCUT2D eigenvalue weighted by atomic mass is 9.82. The van der Waals surface area contributed by atoms with Gasteiger partial charge in [-0.25, -0.2) is 8.42 Å². The molecule has 1 amide bonds. The van der Waals surface area contributed by atoms with Crippen molar-refractivity contribution in [3.8, 4) is 5.75 Å². The Hall–Kier alpha value is -1.64. The predicted octanol–water partition coefficient (Wildman–Crippen LogP) is 3.18. The lowest BCUT2D eigenvalue weighted by molar-refractivity contribution is -0.132. The van der Waals surface area contributed by atoms with Gasteiger partial charge < -0.3 is 19.3 Å². The fourth-order valence-electron chi connectivity index (χ4n) is 5.58. The zero-order valence-corrected chi connectivity index (χ0v) is 20.8. The topological polar surface area (TPSA) is 76.2 Å². The van der Waals surface area contributed by atoms with Gasteiger partial charge in [-0.2, -0.15) is 0 Å². The maximum Gasteiger partial charge on any atom is 0.224 e. The zero-order chi connectivity index (χ0) is 23.4. The number of rotatable bonds is 7. The molecule has 2 atom stereocenters. The number of sulfone groups is 1. The molecule has 1 aromatic carbocycles. The number of amides is 1. The van der Waals surface area contributed by atoms with E-state index in [2.05, 4.69) is 12.1 Å². The highest BCUT2D eigenvalue weighted by Gasteiger charge is 2.31. The highest BCUT2D eigenvalue weighted by atomic mass is 32.2. The summed E-state index contributed by atoms with van der Waals surface area (Å²) in [6, 6.07) is 6.33. The van der Waals surface area contributed by atoms with Crippen molar-refractivity contribution in [2.75, 3.05) is 45.4 Å². The van der Waals surface area contributed by atoms with Crippen molar-refractivity contribution in [3.63, 3.8) is 0 Å². The number of hydrogen-bond acceptors (Lipinski definition) is 6. The second-order valence-corrected chi connectivity index (χ2v) is 12.1. The Morgan fingerprint density at radius 1 is 1.24 bits per heavy atom. The number of nitrogens with zero attached hydrogens (tertiary/aromatic N) is 2. The second-order valence-electron chi connectivity index (χ2n) is 9.87. The van der Waals surface area contributed by atoms with Gasteiger partial charge in [-0.1, -0.05) is 25.3 Å². The molecule has 0 aromatic heterocycles. The van der Waals surface area contributed by atoms with E-state index in [1.165, 1.54) is 37.7 Å². The Morgan fingerprint density at radius 3 is 2.73 bits per heavy atom. The number of carbonyl (C=O) groups is 1. The van der Waals surface area contributed by atoms with Gasteiger partial charge in [0.25, 0.3) is 0 Å². The monoisotopic (exact) mass is 478 g/mol. The van der Waals surface area contributed by atoms with Gasteiger partial charge in [-0.15, -0.1) is 0 Å². The number of ether oxygens (including phenoxy) is 2. The summed E-state index contributed by atoms with van der Waals surface area (Å²) in [5, 5.41) is 0. The summed E-state index contributed by atoms with van der Waals surface area (Å²) < 4.78 is 35.4. The summed E-state index contributed by atoms with van der Waals surface area (Å²) >= 11 is 0. The molecular weight excluding hydrogens is 440 g/mol. The minimum Gasteiger partial charge on any atom is -0.491 e. The van der Waals surface area contributed by atoms with Crippen LogP contribution in [0, 0.1) is 5.92 Å². The highest BCUT2D eigenvalue weighted by molar-refractivity contribution is 7.91. The quantitative estimate of drug-likeness (QED) is 0.599. The molecule has 3 aliphatic rings. The van der Waals surface area contributed by atoms with Crippen LogP contribution in [-0.2, 0) is 25.9 Å². The maximum absolute atomic E-state index is 13.0. The van der Waals surface area contributed by atoms with Gasteiger partial charge in [-0.05, 0) is 49.9 Å². The molecule has 0 spiro atoms. The van der Waals surface area contributed by atoms with Crippen LogP contribution in [0.3, 0.4) is 0 Å². The molecule has 33 heavy (non-hydrogen) atoms. The van der Waals surface area contributed by atoms with Crippen molar-refractivity contribution in [1.29, 1.82) is 0 Å². The van der Waals surface area contributed by atoms with Crippen LogP contribution in [0.1, 0.15) is 62.2 Å². The number of carbonyl (C=O) groups excluding carboxylic acids is 1. The van der Waals surface area contributed by atoms with Crippen molar-refractivity contribution in [1.82, 2.24) is 9.80 Å². The number of benzene rings is 1. The SMILES string of the molecule is COC(c1ccc2c(c1)CN(C(=O)CCN(C)C1CCS(=O)(=O)C1)CCO2)C1CCCCC1. The molecule has 1 aliphatic carbocycles. The van der Waals surface area contributed by atoms with Crippen molar-refractivity contribution in [3.05, 3.63) is 29.3 Å². The van der Waals surface area contributed by atoms with Gasteiger partial charge in [0.1, 0.15) is 12.4 Å². The molecule has 1 aromatic rings. The molecule has 2 aliphatic heterocycles. The summed E-state index contributed by atoms with van der Waals surface area (Å²) in [4.78, 5) is 16.9. The van der Waals surface area contributed by atoms with Gasteiger partial charge in [0.2, 0.25) is 5.91 Å². The predicted molar refractivity (Wildman–Crippen MR) is 128 cm³/mol. The van der Waals surface area contributed by atoms with Crippen molar-refractivity contribution >= 4 is 15.7 Å². The van der Waals surface area contributed by atoms with E-state index in [0.717, 1.165) is 11.3 Å². The summed E-state index contributed by atoms with van der Waals surface area (Å²) in [6.07, 6.45) is 7.36. The van der Waals surface area contributed by atoms with Crippen LogP contribution in [0.15, 0.2) is 18.2 Å². The van der Waals surface area contributed by atoms with E-state index in [1.807, 2.05) is 22.9 Å². The Labute approximate surface area is 198 Å². The van der Waals surface area contributed by atoms with Crippen LogP contribution in [0.2, 0.25) is 0 Å². The van der Waals surface area contributed by atoms with E-state index >= 15 is 0 Å². The van der Waals surface area contributed by atoms with Gasteiger partial charge in [0.15, 0.2) is 9.84 Å². The van der Waals surface area contributed by atoms with E-state index < -0.39 is 9.84 Å². The minimum absolute atomic E-state index is 0.0179. The van der Waals surface area contributed by atoms with Crippen molar-refractivity contribution in [2.45, 2.75) is 63.6 Å². The van der Waals surface area contributed by atoms with Crippen LogP contribution in [0.4, 0.5) is 0 Å². The van der Waals surface area contributed by atoms with Gasteiger partial charge in [-0.3, -0.25) is 4.79 Å². The number of fused-ring (bicyclic) bond motifs is 1. The van der Waals surface area contributed by atoms with Crippen molar-refractivity contribution < 1.29 is 22.7 Å². The second kappa shape index (κ2) is 10.7. The van der Waals surface area contributed by atoms with Crippen molar-refractivity contribution in [2.24, 2.45) is 5.92 Å². The fourth-order valence-corrected chi connectivity index (χ4v) is 7.38. The minimum atomic E-state index is -2.92. The molecule has 0 bridgehead atoms. The van der Waals surface area contributed by atoms with Gasteiger partial charge in [0, 0.05) is 38.2 Å². The molecule has 184 valence electrons. The molecule has 7 nitrogen and oxygen atoms in total. The molecule has 8 heteroatoms. The zero-order valence-electron chi connectivity index (χ0n) is 20.0. The number of hydrogen-bond donors (Lipinski definition) is 0. The summed E-state index contributed by atoms with van der Waals surface area (Å²) in [5.41, 5.74) is 2.20. The molecule has 2 fully saturated rings. The highest BCUT2D eigenvalue weighted by Crippen LogP contribution is 2.38. The van der Waals surface area contributed by atoms with Crippen LogP contribution < -0.4 is 4.74 Å². The van der Waals surface area contributed by atoms with Gasteiger partial charge in [0.05, 0.1) is 24.2 Å². The lowest BCUT2D eigenvalue weighted by Gasteiger charge is -2.30. The third-order valence-electron chi connectivity index (χ3n) is 7.59. The smallest absolute Gasteiger partial charge is 0.224 e. The van der Waals surface area contributed by atoms with E-state index in [0.29, 0.717) is 45.0 Å². The Kier molecular flexibility index (Phi) is 7.97. The van der Waals surface area contributed by atoms with Gasteiger partial charge >= 0.3 is 0 Å². The normalized spacial score (nSPS) is 24.2. The standard InChI is InChI=1S/C25H38N2O5S/c1-26(22-11-15-33(29,30)18-22)12-10-24(28)27-13-14-32-23-9-8-20(16-21(23)17-27)25(31-2)19-6-4-3-5-7-19/h8-9,16,19,22,25H,3-7,10-15,17-18H2,1-2H3. The molecule has 1 saturated carbocycles.